The topological polar surface area (TPSA) is 57.6 Å². The van der Waals surface area contributed by atoms with Crippen molar-refractivity contribution in [1.29, 1.82) is 0 Å². The number of amides is 1. The van der Waals surface area contributed by atoms with E-state index in [0.29, 0.717) is 19.4 Å². The Morgan fingerprint density at radius 1 is 1.33 bits per heavy atom. The molecule has 0 radical (unpaired) electrons. The van der Waals surface area contributed by atoms with E-state index in [9.17, 15) is 14.7 Å². The van der Waals surface area contributed by atoms with Crippen molar-refractivity contribution in [3.63, 3.8) is 0 Å². The first-order valence-electron chi connectivity index (χ1n) is 7.61. The van der Waals surface area contributed by atoms with Gasteiger partial charge in [-0.1, -0.05) is 36.8 Å². The third-order valence-corrected chi connectivity index (χ3v) is 4.32. The number of carbonyl (C=O) groups excluding carboxylic acids is 1. The van der Waals surface area contributed by atoms with E-state index in [2.05, 4.69) is 31.2 Å². The number of carboxylic acid groups (broad SMARTS) is 1. The monoisotopic (exact) mass is 289 g/mol. The number of rotatable bonds is 5. The molecule has 21 heavy (non-hydrogen) atoms. The molecule has 2 rings (SSSR count). The van der Waals surface area contributed by atoms with Crippen LogP contribution >= 0.6 is 0 Å². The molecule has 2 atom stereocenters. The van der Waals surface area contributed by atoms with Crippen molar-refractivity contribution >= 4 is 11.9 Å². The van der Waals surface area contributed by atoms with E-state index in [1.54, 1.807) is 4.90 Å². The van der Waals surface area contributed by atoms with Crippen LogP contribution in [0.15, 0.2) is 24.3 Å². The molecule has 0 spiro atoms. The Morgan fingerprint density at radius 2 is 2.00 bits per heavy atom. The molecule has 0 aromatic heterocycles. The first-order valence-corrected chi connectivity index (χ1v) is 7.61. The summed E-state index contributed by atoms with van der Waals surface area (Å²) in [5.74, 6) is -0.760. The zero-order chi connectivity index (χ0) is 15.4. The maximum atomic E-state index is 12.4. The number of nitrogens with zero attached hydrogens (tertiary/aromatic N) is 1. The lowest BCUT2D eigenvalue weighted by Crippen LogP contribution is -2.40. The van der Waals surface area contributed by atoms with Gasteiger partial charge in [0, 0.05) is 13.0 Å². The lowest BCUT2D eigenvalue weighted by molar-refractivity contribution is -0.148. The number of benzene rings is 1. The summed E-state index contributed by atoms with van der Waals surface area (Å²) < 4.78 is 0. The highest BCUT2D eigenvalue weighted by Crippen LogP contribution is 2.27. The summed E-state index contributed by atoms with van der Waals surface area (Å²) >= 11 is 0. The quantitative estimate of drug-likeness (QED) is 0.906. The fourth-order valence-electron chi connectivity index (χ4n) is 2.99. The Hall–Kier alpha value is -1.84. The summed E-state index contributed by atoms with van der Waals surface area (Å²) in [6.45, 7) is 4.67. The highest BCUT2D eigenvalue weighted by molar-refractivity contribution is 5.84. The molecule has 0 bridgehead atoms. The van der Waals surface area contributed by atoms with Crippen molar-refractivity contribution < 1.29 is 14.7 Å². The summed E-state index contributed by atoms with van der Waals surface area (Å²) in [6, 6.07) is 7.61. The smallest absolute Gasteiger partial charge is 0.326 e. The first-order chi connectivity index (χ1) is 10.0. The van der Waals surface area contributed by atoms with Crippen LogP contribution in [0.3, 0.4) is 0 Å². The number of carboxylic acids is 1. The number of aliphatic carboxylic acids is 1. The van der Waals surface area contributed by atoms with E-state index in [0.717, 1.165) is 18.4 Å². The molecule has 0 saturated carbocycles. The molecule has 1 aromatic rings. The van der Waals surface area contributed by atoms with E-state index in [4.69, 9.17) is 0 Å². The molecule has 1 aliphatic rings. The van der Waals surface area contributed by atoms with E-state index in [1.165, 1.54) is 5.56 Å². The summed E-state index contributed by atoms with van der Waals surface area (Å²) in [5.41, 5.74) is 2.35. The molecule has 1 amide bonds. The van der Waals surface area contributed by atoms with Gasteiger partial charge >= 0.3 is 5.97 Å². The summed E-state index contributed by atoms with van der Waals surface area (Å²) in [5, 5.41) is 9.18. The maximum Gasteiger partial charge on any atom is 0.326 e. The summed E-state index contributed by atoms with van der Waals surface area (Å²) in [6.07, 6.45) is 2.62. The van der Waals surface area contributed by atoms with Crippen LogP contribution in [-0.2, 0) is 9.59 Å². The number of likely N-dealkylation sites (tertiary alicyclic amines) is 1. The molecule has 4 heteroatoms. The minimum absolute atomic E-state index is 0.0349. The van der Waals surface area contributed by atoms with Gasteiger partial charge in [0.1, 0.15) is 6.04 Å². The zero-order valence-electron chi connectivity index (χ0n) is 12.7. The van der Waals surface area contributed by atoms with E-state index in [-0.39, 0.29) is 11.8 Å². The van der Waals surface area contributed by atoms with Crippen LogP contribution in [0.5, 0.6) is 0 Å². The van der Waals surface area contributed by atoms with Crippen molar-refractivity contribution in [2.45, 2.75) is 51.5 Å². The molecule has 1 N–H and O–H groups in total. The minimum atomic E-state index is -0.885. The predicted molar refractivity (Wildman–Crippen MR) is 81.2 cm³/mol. The van der Waals surface area contributed by atoms with Gasteiger partial charge in [-0.2, -0.15) is 0 Å². The Morgan fingerprint density at radius 3 is 2.57 bits per heavy atom. The lowest BCUT2D eigenvalue weighted by atomic mass is 9.92. The standard InChI is InChI=1S/C17H23NO3/c1-3-13(14-8-6-12(2)7-9-14)11-16(19)18-10-4-5-15(18)17(20)21/h6-9,13,15H,3-5,10-11H2,1-2H3,(H,20,21)/t13?,15-/m1/s1. The summed E-state index contributed by atoms with van der Waals surface area (Å²) in [4.78, 5) is 25.2. The van der Waals surface area contributed by atoms with Crippen molar-refractivity contribution in [2.75, 3.05) is 6.54 Å². The normalized spacial score (nSPS) is 19.5. The Labute approximate surface area is 125 Å². The fraction of sp³-hybridized carbons (Fsp3) is 0.529. The van der Waals surface area contributed by atoms with Gasteiger partial charge in [0.15, 0.2) is 0 Å². The van der Waals surface area contributed by atoms with Crippen LogP contribution in [-0.4, -0.2) is 34.5 Å². The number of hydrogen-bond acceptors (Lipinski definition) is 2. The van der Waals surface area contributed by atoms with Gasteiger partial charge in [-0.3, -0.25) is 4.79 Å². The van der Waals surface area contributed by atoms with Crippen LogP contribution < -0.4 is 0 Å². The number of hydrogen-bond donors (Lipinski definition) is 1. The lowest BCUT2D eigenvalue weighted by Gasteiger charge is -2.24. The van der Waals surface area contributed by atoms with Gasteiger partial charge in [-0.05, 0) is 37.7 Å². The second-order valence-electron chi connectivity index (χ2n) is 5.80. The molecule has 1 aromatic carbocycles. The minimum Gasteiger partial charge on any atom is -0.480 e. The number of aryl methyl sites for hydroxylation is 1. The highest BCUT2D eigenvalue weighted by atomic mass is 16.4. The largest absolute Gasteiger partial charge is 0.480 e. The van der Waals surface area contributed by atoms with E-state index >= 15 is 0 Å². The van der Waals surface area contributed by atoms with Crippen molar-refractivity contribution in [1.82, 2.24) is 4.90 Å². The predicted octanol–water partition coefficient (Wildman–Crippen LogP) is 2.95. The first kappa shape index (κ1) is 15.5. The molecule has 1 saturated heterocycles. The van der Waals surface area contributed by atoms with Crippen LogP contribution in [0.1, 0.15) is 49.7 Å². The second kappa shape index (κ2) is 6.74. The number of carbonyl (C=O) groups is 2. The second-order valence-corrected chi connectivity index (χ2v) is 5.80. The van der Waals surface area contributed by atoms with Crippen LogP contribution in [0.4, 0.5) is 0 Å². The Kier molecular flexibility index (Phi) is 4.99. The van der Waals surface area contributed by atoms with Gasteiger partial charge in [0.25, 0.3) is 0 Å². The molecule has 0 aliphatic carbocycles. The molecule has 1 unspecified atom stereocenters. The maximum absolute atomic E-state index is 12.4. The van der Waals surface area contributed by atoms with Crippen molar-refractivity contribution in [2.24, 2.45) is 0 Å². The molecule has 4 nitrogen and oxygen atoms in total. The highest BCUT2D eigenvalue weighted by Gasteiger charge is 2.34. The van der Waals surface area contributed by atoms with Crippen LogP contribution in [0.25, 0.3) is 0 Å². The fourth-order valence-corrected chi connectivity index (χ4v) is 2.99. The van der Waals surface area contributed by atoms with Gasteiger partial charge in [-0.25, -0.2) is 4.79 Å². The average Bonchev–Trinajstić information content (AvgIpc) is 2.95. The van der Waals surface area contributed by atoms with Gasteiger partial charge in [0.05, 0.1) is 0 Å². The molecule has 1 heterocycles. The molecule has 114 valence electrons. The summed E-state index contributed by atoms with van der Waals surface area (Å²) in [7, 11) is 0. The van der Waals surface area contributed by atoms with Crippen LogP contribution in [0.2, 0.25) is 0 Å². The third-order valence-electron chi connectivity index (χ3n) is 4.32. The van der Waals surface area contributed by atoms with Gasteiger partial charge < -0.3 is 10.0 Å². The van der Waals surface area contributed by atoms with E-state index < -0.39 is 12.0 Å². The Bertz CT molecular complexity index is 509. The van der Waals surface area contributed by atoms with Crippen molar-refractivity contribution in [3.8, 4) is 0 Å². The SMILES string of the molecule is CCC(CC(=O)N1CCC[C@@H]1C(=O)O)c1ccc(C)cc1. The molecular weight excluding hydrogens is 266 g/mol. The third kappa shape index (κ3) is 3.63. The molecule has 1 aliphatic heterocycles. The molecule has 1 fully saturated rings. The van der Waals surface area contributed by atoms with E-state index in [1.807, 2.05) is 6.92 Å². The molecular formula is C17H23NO3. The van der Waals surface area contributed by atoms with Crippen LogP contribution in [0, 0.1) is 6.92 Å². The van der Waals surface area contributed by atoms with Gasteiger partial charge in [-0.15, -0.1) is 0 Å². The zero-order valence-corrected chi connectivity index (χ0v) is 12.7. The van der Waals surface area contributed by atoms with Crippen molar-refractivity contribution in [3.05, 3.63) is 35.4 Å². The van der Waals surface area contributed by atoms with Gasteiger partial charge in [0.2, 0.25) is 5.91 Å². The average molecular weight is 289 g/mol. The Balaban J connectivity index is 2.06.